The molecule has 1 saturated heterocycles. The van der Waals surface area contributed by atoms with Gasteiger partial charge < -0.3 is 15.0 Å². The molecule has 8 nitrogen and oxygen atoms in total. The minimum atomic E-state index is -0.412. The number of nitrogens with one attached hydrogen (secondary N) is 2. The van der Waals surface area contributed by atoms with Crippen LogP contribution in [0.1, 0.15) is 25.7 Å². The van der Waals surface area contributed by atoms with E-state index in [1.165, 1.54) is 0 Å². The normalized spacial score (nSPS) is 17.6. The molecule has 1 aliphatic carbocycles. The standard InChI is InChI=1S/C23H28N6O2/c1-28-11-9-18(10-12-28)25-21-7-8-22-24-14-20(29(22)27-21)17-3-2-4-19(13-17)26-23(30)31-15-16-5-6-16/h2-4,7-8,13-14,16,18H,5-6,9-12,15H2,1H3,(H,25,27)(H,26,30). The van der Waals surface area contributed by atoms with Crippen LogP contribution in [-0.4, -0.2) is 58.4 Å². The van der Waals surface area contributed by atoms with Crippen molar-refractivity contribution >= 4 is 23.2 Å². The second-order valence-electron chi connectivity index (χ2n) is 8.60. The quantitative estimate of drug-likeness (QED) is 0.630. The van der Waals surface area contributed by atoms with E-state index in [1.54, 1.807) is 0 Å². The van der Waals surface area contributed by atoms with Gasteiger partial charge in [-0.15, -0.1) is 5.10 Å². The fourth-order valence-corrected chi connectivity index (χ4v) is 3.90. The minimum Gasteiger partial charge on any atom is -0.449 e. The average molecular weight is 421 g/mol. The lowest BCUT2D eigenvalue weighted by Crippen LogP contribution is -2.36. The second kappa shape index (κ2) is 8.55. The van der Waals surface area contributed by atoms with Crippen LogP contribution in [0, 0.1) is 5.92 Å². The summed E-state index contributed by atoms with van der Waals surface area (Å²) in [6.07, 6.45) is 5.92. The molecule has 8 heteroatoms. The van der Waals surface area contributed by atoms with Gasteiger partial charge in [-0.1, -0.05) is 12.1 Å². The zero-order valence-electron chi connectivity index (χ0n) is 17.8. The molecule has 2 N–H and O–H groups in total. The molecular weight excluding hydrogens is 392 g/mol. The van der Waals surface area contributed by atoms with Crippen molar-refractivity contribution in [3.63, 3.8) is 0 Å². The maximum Gasteiger partial charge on any atom is 0.411 e. The summed E-state index contributed by atoms with van der Waals surface area (Å²) in [5.41, 5.74) is 3.27. The van der Waals surface area contributed by atoms with Gasteiger partial charge in [0.05, 0.1) is 18.5 Å². The predicted molar refractivity (Wildman–Crippen MR) is 120 cm³/mol. The summed E-state index contributed by atoms with van der Waals surface area (Å²) in [6.45, 7) is 2.69. The summed E-state index contributed by atoms with van der Waals surface area (Å²) in [5, 5.41) is 11.2. The summed E-state index contributed by atoms with van der Waals surface area (Å²) in [5.74, 6) is 1.39. The molecular formula is C23H28N6O2. The first-order valence-electron chi connectivity index (χ1n) is 11.0. The van der Waals surface area contributed by atoms with Gasteiger partial charge in [0.25, 0.3) is 0 Å². The monoisotopic (exact) mass is 420 g/mol. The number of fused-ring (bicyclic) bond motifs is 1. The Balaban J connectivity index is 1.32. The molecule has 1 aromatic carbocycles. The fourth-order valence-electron chi connectivity index (χ4n) is 3.90. The molecule has 3 heterocycles. The zero-order valence-corrected chi connectivity index (χ0v) is 17.8. The Kier molecular flexibility index (Phi) is 5.46. The van der Waals surface area contributed by atoms with Gasteiger partial charge >= 0.3 is 6.09 Å². The van der Waals surface area contributed by atoms with Gasteiger partial charge in [0.2, 0.25) is 0 Å². The average Bonchev–Trinajstić information content (AvgIpc) is 3.52. The summed E-state index contributed by atoms with van der Waals surface area (Å²) < 4.78 is 7.12. The third-order valence-electron chi connectivity index (χ3n) is 5.98. The molecule has 0 bridgehead atoms. The van der Waals surface area contributed by atoms with Gasteiger partial charge in [0, 0.05) is 17.3 Å². The van der Waals surface area contributed by atoms with Crippen LogP contribution in [0.2, 0.25) is 0 Å². The number of ether oxygens (including phenoxy) is 1. The van der Waals surface area contributed by atoms with E-state index >= 15 is 0 Å². The molecule has 5 rings (SSSR count). The van der Waals surface area contributed by atoms with Gasteiger partial charge in [-0.3, -0.25) is 5.32 Å². The highest BCUT2D eigenvalue weighted by molar-refractivity contribution is 5.85. The van der Waals surface area contributed by atoms with Crippen LogP contribution in [-0.2, 0) is 4.74 Å². The number of likely N-dealkylation sites (tertiary alicyclic amines) is 1. The van der Waals surface area contributed by atoms with Crippen LogP contribution in [0.4, 0.5) is 16.3 Å². The van der Waals surface area contributed by atoms with Crippen molar-refractivity contribution in [2.24, 2.45) is 5.92 Å². The van der Waals surface area contributed by atoms with Gasteiger partial charge in [0.15, 0.2) is 5.65 Å². The molecule has 2 aliphatic rings. The van der Waals surface area contributed by atoms with E-state index in [9.17, 15) is 4.79 Å². The van der Waals surface area contributed by atoms with Gasteiger partial charge in [0.1, 0.15) is 5.82 Å². The number of anilines is 2. The van der Waals surface area contributed by atoms with Crippen molar-refractivity contribution in [2.45, 2.75) is 31.7 Å². The molecule has 162 valence electrons. The number of amides is 1. The van der Waals surface area contributed by atoms with Crippen molar-refractivity contribution in [2.75, 3.05) is 37.4 Å². The summed E-state index contributed by atoms with van der Waals surface area (Å²) in [4.78, 5) is 18.9. The third-order valence-corrected chi connectivity index (χ3v) is 5.98. The molecule has 0 atom stereocenters. The van der Waals surface area contributed by atoms with Gasteiger partial charge in [-0.2, -0.15) is 0 Å². The van der Waals surface area contributed by atoms with Crippen molar-refractivity contribution in [1.82, 2.24) is 19.5 Å². The number of piperidine rings is 1. The summed E-state index contributed by atoms with van der Waals surface area (Å²) >= 11 is 0. The van der Waals surface area contributed by atoms with Crippen molar-refractivity contribution < 1.29 is 9.53 Å². The molecule has 31 heavy (non-hydrogen) atoms. The SMILES string of the molecule is CN1CCC(Nc2ccc3ncc(-c4cccc(NC(=O)OCC5CC5)c4)n3n2)CC1. The lowest BCUT2D eigenvalue weighted by Gasteiger charge is -2.29. The van der Waals surface area contributed by atoms with E-state index in [0.29, 0.717) is 24.3 Å². The Morgan fingerprint density at radius 2 is 2.00 bits per heavy atom. The van der Waals surface area contributed by atoms with Crippen molar-refractivity contribution in [1.29, 1.82) is 0 Å². The van der Waals surface area contributed by atoms with Gasteiger partial charge in [-0.25, -0.2) is 14.3 Å². The van der Waals surface area contributed by atoms with Crippen LogP contribution in [0.5, 0.6) is 0 Å². The Bertz CT molecular complexity index is 1070. The molecule has 1 aliphatic heterocycles. The van der Waals surface area contributed by atoms with Crippen molar-refractivity contribution in [3.05, 3.63) is 42.6 Å². The third kappa shape index (κ3) is 4.80. The Hall–Kier alpha value is -3.13. The lowest BCUT2D eigenvalue weighted by molar-refractivity contribution is 0.156. The van der Waals surface area contributed by atoms with Crippen LogP contribution in [0.3, 0.4) is 0 Å². The molecule has 0 unspecified atom stereocenters. The molecule has 0 spiro atoms. The largest absolute Gasteiger partial charge is 0.449 e. The lowest BCUT2D eigenvalue weighted by atomic mass is 10.1. The first-order valence-corrected chi connectivity index (χ1v) is 11.0. The number of carbonyl (C=O) groups excluding carboxylic acids is 1. The number of hydrogen-bond donors (Lipinski definition) is 2. The highest BCUT2D eigenvalue weighted by Crippen LogP contribution is 2.29. The molecule has 3 aromatic rings. The molecule has 2 aromatic heterocycles. The maximum atomic E-state index is 12.0. The summed E-state index contributed by atoms with van der Waals surface area (Å²) in [7, 11) is 2.16. The van der Waals surface area contributed by atoms with Gasteiger partial charge in [-0.05, 0) is 76.0 Å². The highest BCUT2D eigenvalue weighted by Gasteiger charge is 2.23. The smallest absolute Gasteiger partial charge is 0.411 e. The Morgan fingerprint density at radius 3 is 2.81 bits per heavy atom. The maximum absolute atomic E-state index is 12.0. The summed E-state index contributed by atoms with van der Waals surface area (Å²) in [6, 6.07) is 12.1. The van der Waals surface area contributed by atoms with E-state index in [-0.39, 0.29) is 0 Å². The van der Waals surface area contributed by atoms with Crippen LogP contribution in [0.25, 0.3) is 16.9 Å². The Labute approximate surface area is 181 Å². The second-order valence-corrected chi connectivity index (χ2v) is 8.60. The predicted octanol–water partition coefficient (Wildman–Crippen LogP) is 3.86. The number of nitrogens with zero attached hydrogens (tertiary/aromatic N) is 4. The van der Waals surface area contributed by atoms with E-state index in [1.807, 2.05) is 47.1 Å². The number of hydrogen-bond acceptors (Lipinski definition) is 6. The molecule has 1 saturated carbocycles. The number of aromatic nitrogens is 3. The van der Waals surface area contributed by atoms with E-state index in [0.717, 1.165) is 61.5 Å². The molecule has 1 amide bonds. The van der Waals surface area contributed by atoms with Crippen LogP contribution in [0.15, 0.2) is 42.6 Å². The fraction of sp³-hybridized carbons (Fsp3) is 0.435. The topological polar surface area (TPSA) is 83.8 Å². The number of imidazole rings is 1. The molecule has 0 radical (unpaired) electrons. The zero-order chi connectivity index (χ0) is 21.2. The van der Waals surface area contributed by atoms with E-state index < -0.39 is 6.09 Å². The van der Waals surface area contributed by atoms with Crippen LogP contribution >= 0.6 is 0 Å². The van der Waals surface area contributed by atoms with E-state index in [4.69, 9.17) is 9.84 Å². The first-order chi connectivity index (χ1) is 15.1. The minimum absolute atomic E-state index is 0.412. The number of benzene rings is 1. The first kappa shape index (κ1) is 19.8. The van der Waals surface area contributed by atoms with E-state index in [2.05, 4.69) is 27.6 Å². The Morgan fingerprint density at radius 1 is 1.16 bits per heavy atom. The van der Waals surface area contributed by atoms with Crippen LogP contribution < -0.4 is 10.6 Å². The number of carbonyl (C=O) groups is 1. The highest BCUT2D eigenvalue weighted by atomic mass is 16.5. The van der Waals surface area contributed by atoms with Crippen molar-refractivity contribution in [3.8, 4) is 11.3 Å². The number of rotatable bonds is 6. The molecule has 2 fully saturated rings.